The lowest BCUT2D eigenvalue weighted by atomic mass is 10.1. The Kier molecular flexibility index (Phi) is 4.68. The molecule has 0 spiro atoms. The molecule has 1 N–H and O–H groups in total. The quantitative estimate of drug-likeness (QED) is 0.822. The Morgan fingerprint density at radius 2 is 2.18 bits per heavy atom. The van der Waals surface area contributed by atoms with Crippen LogP contribution < -0.4 is 10.1 Å². The molecule has 0 bridgehead atoms. The molecule has 1 heterocycles. The van der Waals surface area contributed by atoms with Crippen LogP contribution in [0.2, 0.25) is 0 Å². The van der Waals surface area contributed by atoms with E-state index in [1.807, 2.05) is 12.1 Å². The van der Waals surface area contributed by atoms with Crippen LogP contribution in [0.4, 0.5) is 5.69 Å². The van der Waals surface area contributed by atoms with E-state index in [2.05, 4.69) is 24.4 Å². The Bertz CT molecular complexity index is 317. The van der Waals surface area contributed by atoms with Gasteiger partial charge in [-0.3, -0.25) is 0 Å². The number of anilines is 1. The highest BCUT2D eigenvalue weighted by Gasteiger charge is 2.14. The summed E-state index contributed by atoms with van der Waals surface area (Å²) in [6.45, 7) is 5.70. The van der Waals surface area contributed by atoms with Gasteiger partial charge in [0.05, 0.1) is 13.2 Å². The van der Waals surface area contributed by atoms with Crippen LogP contribution in [0.1, 0.15) is 19.8 Å². The van der Waals surface area contributed by atoms with Crippen molar-refractivity contribution in [3.05, 3.63) is 24.3 Å². The van der Waals surface area contributed by atoms with Gasteiger partial charge >= 0.3 is 0 Å². The smallest absolute Gasteiger partial charge is 0.119 e. The van der Waals surface area contributed by atoms with Gasteiger partial charge in [0.15, 0.2) is 0 Å². The van der Waals surface area contributed by atoms with Crippen molar-refractivity contribution in [2.45, 2.75) is 19.8 Å². The minimum atomic E-state index is 0.658. The molecule has 3 nitrogen and oxygen atoms in total. The first-order valence-electron chi connectivity index (χ1n) is 6.43. The number of hydrogen-bond donors (Lipinski definition) is 1. The molecule has 94 valence electrons. The van der Waals surface area contributed by atoms with Crippen LogP contribution in [0.25, 0.3) is 0 Å². The van der Waals surface area contributed by atoms with E-state index < -0.39 is 0 Å². The van der Waals surface area contributed by atoms with Gasteiger partial charge in [-0.25, -0.2) is 0 Å². The van der Waals surface area contributed by atoms with Gasteiger partial charge in [0.1, 0.15) is 5.75 Å². The van der Waals surface area contributed by atoms with Gasteiger partial charge in [-0.05, 0) is 37.1 Å². The van der Waals surface area contributed by atoms with Crippen molar-refractivity contribution in [3.8, 4) is 5.75 Å². The zero-order valence-electron chi connectivity index (χ0n) is 10.4. The maximum Gasteiger partial charge on any atom is 0.119 e. The lowest BCUT2D eigenvalue weighted by Crippen LogP contribution is -2.13. The number of hydrogen-bond acceptors (Lipinski definition) is 3. The lowest BCUT2D eigenvalue weighted by molar-refractivity contribution is 0.187. The molecule has 0 saturated carbocycles. The number of nitrogens with one attached hydrogen (secondary N) is 1. The van der Waals surface area contributed by atoms with Crippen molar-refractivity contribution in [1.29, 1.82) is 0 Å². The van der Waals surface area contributed by atoms with Crippen LogP contribution in [0.15, 0.2) is 24.3 Å². The van der Waals surface area contributed by atoms with Crippen LogP contribution in [0, 0.1) is 5.92 Å². The average molecular weight is 235 g/mol. The standard InChI is InChI=1S/C14H21NO2/c1-2-8-17-14-5-3-13(4-6-14)15-10-12-7-9-16-11-12/h3-6,12,15H,2,7-11H2,1H3. The third-order valence-corrected chi connectivity index (χ3v) is 2.95. The molecule has 1 unspecified atom stereocenters. The highest BCUT2D eigenvalue weighted by molar-refractivity contribution is 5.46. The Morgan fingerprint density at radius 1 is 1.35 bits per heavy atom. The highest BCUT2D eigenvalue weighted by atomic mass is 16.5. The van der Waals surface area contributed by atoms with Crippen molar-refractivity contribution < 1.29 is 9.47 Å². The molecule has 17 heavy (non-hydrogen) atoms. The van der Waals surface area contributed by atoms with Gasteiger partial charge in [-0.15, -0.1) is 0 Å². The number of rotatable bonds is 6. The fourth-order valence-corrected chi connectivity index (χ4v) is 1.90. The summed E-state index contributed by atoms with van der Waals surface area (Å²) in [5.74, 6) is 1.60. The molecular weight excluding hydrogens is 214 g/mol. The van der Waals surface area contributed by atoms with Gasteiger partial charge in [0.2, 0.25) is 0 Å². The third kappa shape index (κ3) is 3.93. The minimum absolute atomic E-state index is 0.658. The summed E-state index contributed by atoms with van der Waals surface area (Å²) in [4.78, 5) is 0. The Labute approximate surface area is 103 Å². The van der Waals surface area contributed by atoms with E-state index in [0.717, 1.165) is 44.2 Å². The molecule has 2 rings (SSSR count). The summed E-state index contributed by atoms with van der Waals surface area (Å²) in [6.07, 6.45) is 2.21. The van der Waals surface area contributed by atoms with Crippen molar-refractivity contribution in [2.24, 2.45) is 5.92 Å². The average Bonchev–Trinajstić information content (AvgIpc) is 2.88. The number of benzene rings is 1. The molecule has 1 aliphatic heterocycles. The molecule has 1 aromatic rings. The summed E-state index contributed by atoms with van der Waals surface area (Å²) in [6, 6.07) is 8.17. The van der Waals surface area contributed by atoms with Crippen LogP contribution in [-0.4, -0.2) is 26.4 Å². The molecule has 0 amide bonds. The molecule has 3 heteroatoms. The molecule has 1 fully saturated rings. The topological polar surface area (TPSA) is 30.5 Å². The Balaban J connectivity index is 1.76. The van der Waals surface area contributed by atoms with Gasteiger partial charge in [-0.1, -0.05) is 6.92 Å². The first-order chi connectivity index (χ1) is 8.38. The summed E-state index contributed by atoms with van der Waals surface area (Å²) >= 11 is 0. The van der Waals surface area contributed by atoms with E-state index in [-0.39, 0.29) is 0 Å². The zero-order valence-corrected chi connectivity index (χ0v) is 10.4. The number of ether oxygens (including phenoxy) is 2. The second-order valence-corrected chi connectivity index (χ2v) is 4.48. The first kappa shape index (κ1) is 12.2. The summed E-state index contributed by atoms with van der Waals surface area (Å²) in [7, 11) is 0. The van der Waals surface area contributed by atoms with E-state index in [0.29, 0.717) is 5.92 Å². The highest BCUT2D eigenvalue weighted by Crippen LogP contribution is 2.18. The fraction of sp³-hybridized carbons (Fsp3) is 0.571. The van der Waals surface area contributed by atoms with Gasteiger partial charge < -0.3 is 14.8 Å². The molecule has 1 saturated heterocycles. The molecule has 0 radical (unpaired) electrons. The van der Waals surface area contributed by atoms with Crippen LogP contribution in [0.3, 0.4) is 0 Å². The SMILES string of the molecule is CCCOc1ccc(NCC2CCOC2)cc1. The molecule has 0 aliphatic carbocycles. The zero-order chi connectivity index (χ0) is 11.9. The van der Waals surface area contributed by atoms with E-state index in [1.54, 1.807) is 0 Å². The van der Waals surface area contributed by atoms with Crippen molar-refractivity contribution >= 4 is 5.69 Å². The summed E-state index contributed by atoms with van der Waals surface area (Å²) in [5.41, 5.74) is 1.15. The van der Waals surface area contributed by atoms with Crippen LogP contribution >= 0.6 is 0 Å². The summed E-state index contributed by atoms with van der Waals surface area (Å²) in [5, 5.41) is 3.43. The molecule has 1 aromatic carbocycles. The van der Waals surface area contributed by atoms with Crippen LogP contribution in [0.5, 0.6) is 5.75 Å². The molecule has 1 aliphatic rings. The fourth-order valence-electron chi connectivity index (χ4n) is 1.90. The Hall–Kier alpha value is -1.22. The molecule has 0 aromatic heterocycles. The normalized spacial score (nSPS) is 19.2. The maximum absolute atomic E-state index is 5.54. The van der Waals surface area contributed by atoms with E-state index >= 15 is 0 Å². The minimum Gasteiger partial charge on any atom is -0.494 e. The first-order valence-corrected chi connectivity index (χ1v) is 6.43. The maximum atomic E-state index is 5.54. The predicted octanol–water partition coefficient (Wildman–Crippen LogP) is 2.92. The molecular formula is C14H21NO2. The summed E-state index contributed by atoms with van der Waals surface area (Å²) < 4.78 is 10.9. The largest absolute Gasteiger partial charge is 0.494 e. The van der Waals surface area contributed by atoms with Crippen molar-refractivity contribution in [3.63, 3.8) is 0 Å². The second-order valence-electron chi connectivity index (χ2n) is 4.48. The third-order valence-electron chi connectivity index (χ3n) is 2.95. The Morgan fingerprint density at radius 3 is 2.82 bits per heavy atom. The lowest BCUT2D eigenvalue weighted by Gasteiger charge is -2.11. The van der Waals surface area contributed by atoms with Crippen LogP contribution in [-0.2, 0) is 4.74 Å². The predicted molar refractivity (Wildman–Crippen MR) is 69.6 cm³/mol. The second kappa shape index (κ2) is 6.50. The van der Waals surface area contributed by atoms with E-state index in [9.17, 15) is 0 Å². The molecule has 1 atom stereocenters. The van der Waals surface area contributed by atoms with E-state index in [1.165, 1.54) is 6.42 Å². The van der Waals surface area contributed by atoms with Crippen molar-refractivity contribution in [1.82, 2.24) is 0 Å². The van der Waals surface area contributed by atoms with Gasteiger partial charge in [0, 0.05) is 24.8 Å². The monoisotopic (exact) mass is 235 g/mol. The van der Waals surface area contributed by atoms with Gasteiger partial charge in [-0.2, -0.15) is 0 Å². The van der Waals surface area contributed by atoms with E-state index in [4.69, 9.17) is 9.47 Å². The van der Waals surface area contributed by atoms with Crippen molar-refractivity contribution in [2.75, 3.05) is 31.7 Å². The van der Waals surface area contributed by atoms with Gasteiger partial charge in [0.25, 0.3) is 0 Å².